The summed E-state index contributed by atoms with van der Waals surface area (Å²) >= 11 is 3.67. The topological polar surface area (TPSA) is 7.12 Å². The largest absolute Gasteiger partial charge is 0.370 e. The zero-order valence-electron chi connectivity index (χ0n) is 12.5. The third-order valence-corrected chi connectivity index (χ3v) is 5.75. The molecule has 21 heavy (non-hydrogen) atoms. The van der Waals surface area contributed by atoms with Crippen LogP contribution in [0.15, 0.2) is 36.4 Å². The van der Waals surface area contributed by atoms with E-state index in [4.69, 9.17) is 0 Å². The van der Waals surface area contributed by atoms with Gasteiger partial charge in [-0.1, -0.05) is 23.5 Å². The second-order valence-electron chi connectivity index (χ2n) is 5.06. The molecule has 0 saturated heterocycles. The number of anilines is 1. The highest BCUT2D eigenvalue weighted by Gasteiger charge is 2.15. The molecule has 4 heteroatoms. The number of aryl methyl sites for hydroxylation is 1. The molecule has 2 heterocycles. The van der Waals surface area contributed by atoms with E-state index in [1.165, 1.54) is 25.1 Å². The molecular formula is C17H19N2S2+. The Morgan fingerprint density at radius 3 is 2.57 bits per heavy atom. The lowest BCUT2D eigenvalue weighted by molar-refractivity contribution is -0.665. The van der Waals surface area contributed by atoms with Crippen LogP contribution in [0.5, 0.6) is 0 Å². The van der Waals surface area contributed by atoms with Crippen LogP contribution < -0.4 is 9.47 Å². The molecule has 3 rings (SSSR count). The zero-order chi connectivity index (χ0) is 14.8. The molecule has 2 nitrogen and oxygen atoms in total. The summed E-state index contributed by atoms with van der Waals surface area (Å²) in [4.78, 5) is 3.44. The highest BCUT2D eigenvalue weighted by Crippen LogP contribution is 2.27. The Kier molecular flexibility index (Phi) is 4.08. The Labute approximate surface area is 133 Å². The van der Waals surface area contributed by atoms with E-state index in [-0.39, 0.29) is 0 Å². The van der Waals surface area contributed by atoms with Gasteiger partial charge in [-0.05, 0) is 31.2 Å². The maximum Gasteiger partial charge on any atom is 0.262 e. The molecule has 0 atom stereocenters. The van der Waals surface area contributed by atoms with Crippen LogP contribution in [-0.2, 0) is 6.54 Å². The van der Waals surface area contributed by atoms with Gasteiger partial charge in [-0.3, -0.25) is 0 Å². The first-order valence-electron chi connectivity index (χ1n) is 7.05. The molecule has 0 spiro atoms. The summed E-state index contributed by atoms with van der Waals surface area (Å²) in [7, 11) is 4.16. The average molecular weight is 315 g/mol. The monoisotopic (exact) mass is 315 g/mol. The summed E-state index contributed by atoms with van der Waals surface area (Å²) in [6.45, 7) is 3.20. The van der Waals surface area contributed by atoms with Crippen LogP contribution in [0.2, 0.25) is 0 Å². The van der Waals surface area contributed by atoms with E-state index in [1.54, 1.807) is 0 Å². The normalized spacial score (nSPS) is 11.6. The van der Waals surface area contributed by atoms with Gasteiger partial charge < -0.3 is 4.90 Å². The van der Waals surface area contributed by atoms with Crippen LogP contribution in [0.25, 0.3) is 22.4 Å². The maximum atomic E-state index is 2.37. The number of thiophene rings is 1. The molecular weight excluding hydrogens is 296 g/mol. The molecule has 0 fully saturated rings. The van der Waals surface area contributed by atoms with E-state index >= 15 is 0 Å². The van der Waals surface area contributed by atoms with Gasteiger partial charge in [-0.2, -0.15) is 4.57 Å². The Bertz CT molecular complexity index is 781. The number of thiazole rings is 1. The Balaban J connectivity index is 1.94. The summed E-state index contributed by atoms with van der Waals surface area (Å²) in [6.07, 6.45) is 4.45. The van der Waals surface area contributed by atoms with Gasteiger partial charge in [0.25, 0.3) is 5.01 Å². The van der Waals surface area contributed by atoms with Crippen molar-refractivity contribution in [1.29, 1.82) is 0 Å². The zero-order valence-corrected chi connectivity index (χ0v) is 14.2. The smallest absolute Gasteiger partial charge is 0.262 e. The lowest BCUT2D eigenvalue weighted by Crippen LogP contribution is -2.33. The van der Waals surface area contributed by atoms with Crippen molar-refractivity contribution in [1.82, 2.24) is 0 Å². The Morgan fingerprint density at radius 2 is 1.86 bits per heavy atom. The molecule has 0 unspecified atom stereocenters. The third-order valence-electron chi connectivity index (χ3n) is 3.40. The van der Waals surface area contributed by atoms with Crippen molar-refractivity contribution in [2.75, 3.05) is 19.0 Å². The number of rotatable bonds is 4. The SMILES string of the molecule is CC[n+]1c(/C=C/c2ccc(N(C)C)s2)sc2ccccc21. The lowest BCUT2D eigenvalue weighted by Gasteiger charge is -2.06. The summed E-state index contributed by atoms with van der Waals surface area (Å²) in [6, 6.07) is 13.0. The van der Waals surface area contributed by atoms with Gasteiger partial charge in [0.1, 0.15) is 11.2 Å². The fourth-order valence-electron chi connectivity index (χ4n) is 2.33. The van der Waals surface area contributed by atoms with Crippen LogP contribution in [0.3, 0.4) is 0 Å². The fourth-order valence-corrected chi connectivity index (χ4v) is 4.29. The third kappa shape index (κ3) is 2.87. The molecule has 0 aliphatic heterocycles. The first kappa shape index (κ1) is 14.3. The van der Waals surface area contributed by atoms with E-state index in [9.17, 15) is 0 Å². The molecule has 0 bridgehead atoms. The molecule has 2 aromatic heterocycles. The minimum absolute atomic E-state index is 0.997. The van der Waals surface area contributed by atoms with Crippen molar-refractivity contribution < 1.29 is 4.57 Å². The number of aromatic nitrogens is 1. The van der Waals surface area contributed by atoms with Crippen molar-refractivity contribution >= 4 is 50.0 Å². The minimum Gasteiger partial charge on any atom is -0.370 e. The highest BCUT2D eigenvalue weighted by atomic mass is 32.1. The Morgan fingerprint density at radius 1 is 1.05 bits per heavy atom. The van der Waals surface area contributed by atoms with E-state index in [0.29, 0.717) is 0 Å². The molecule has 1 aromatic carbocycles. The number of fused-ring (bicyclic) bond motifs is 1. The number of hydrogen-bond donors (Lipinski definition) is 0. The summed E-state index contributed by atoms with van der Waals surface area (Å²) in [5.74, 6) is 0. The first-order chi connectivity index (χ1) is 10.2. The minimum atomic E-state index is 0.997. The second kappa shape index (κ2) is 6.00. The van der Waals surface area contributed by atoms with Gasteiger partial charge in [0.05, 0.1) is 5.00 Å². The molecule has 0 aliphatic carbocycles. The van der Waals surface area contributed by atoms with Crippen molar-refractivity contribution in [2.24, 2.45) is 0 Å². The molecule has 108 valence electrons. The Hall–Kier alpha value is -1.65. The molecule has 3 aromatic rings. The molecule has 0 N–H and O–H groups in total. The van der Waals surface area contributed by atoms with Crippen LogP contribution in [0.1, 0.15) is 16.8 Å². The average Bonchev–Trinajstić information content (AvgIpc) is 3.09. The predicted octanol–water partition coefficient (Wildman–Crippen LogP) is 4.51. The van der Waals surface area contributed by atoms with Crippen LogP contribution in [0.4, 0.5) is 5.00 Å². The number of benzene rings is 1. The van der Waals surface area contributed by atoms with E-state index in [2.05, 4.69) is 79.0 Å². The van der Waals surface area contributed by atoms with Gasteiger partial charge in [0.15, 0.2) is 0 Å². The van der Waals surface area contributed by atoms with Crippen molar-refractivity contribution in [3.63, 3.8) is 0 Å². The van der Waals surface area contributed by atoms with Gasteiger partial charge in [0, 0.05) is 31.1 Å². The first-order valence-corrected chi connectivity index (χ1v) is 8.69. The molecule has 0 radical (unpaired) electrons. The maximum absolute atomic E-state index is 2.37. The lowest BCUT2D eigenvalue weighted by atomic mass is 10.3. The van der Waals surface area contributed by atoms with Crippen molar-refractivity contribution in [2.45, 2.75) is 13.5 Å². The van der Waals surface area contributed by atoms with Crippen LogP contribution in [-0.4, -0.2) is 14.1 Å². The summed E-state index contributed by atoms with van der Waals surface area (Å²) in [5.41, 5.74) is 1.32. The molecule has 0 saturated carbocycles. The van der Waals surface area contributed by atoms with Crippen molar-refractivity contribution in [3.05, 3.63) is 46.3 Å². The van der Waals surface area contributed by atoms with Crippen molar-refractivity contribution in [3.8, 4) is 0 Å². The molecule has 0 amide bonds. The predicted molar refractivity (Wildman–Crippen MR) is 95.3 cm³/mol. The van der Waals surface area contributed by atoms with Gasteiger partial charge in [-0.25, -0.2) is 0 Å². The van der Waals surface area contributed by atoms with Gasteiger partial charge >= 0.3 is 0 Å². The van der Waals surface area contributed by atoms with E-state index in [1.807, 2.05) is 22.7 Å². The fraction of sp³-hybridized carbons (Fsp3) is 0.235. The number of hydrogen-bond acceptors (Lipinski definition) is 3. The highest BCUT2D eigenvalue weighted by molar-refractivity contribution is 7.19. The van der Waals surface area contributed by atoms with Gasteiger partial charge in [-0.15, -0.1) is 11.3 Å². The summed E-state index contributed by atoms with van der Waals surface area (Å²) < 4.78 is 3.72. The number of para-hydroxylation sites is 1. The second-order valence-corrected chi connectivity index (χ2v) is 7.21. The van der Waals surface area contributed by atoms with E-state index in [0.717, 1.165) is 6.54 Å². The van der Waals surface area contributed by atoms with Gasteiger partial charge in [0.2, 0.25) is 5.52 Å². The van der Waals surface area contributed by atoms with Crippen LogP contribution >= 0.6 is 22.7 Å². The number of nitrogens with zero attached hydrogens (tertiary/aromatic N) is 2. The molecule has 0 aliphatic rings. The quantitative estimate of drug-likeness (QED) is 0.643. The standard InChI is InChI=1S/C17H19N2S2/c1-4-19-14-7-5-6-8-15(14)21-17(19)12-10-13-9-11-16(20-13)18(2)3/h5-12H,4H2,1-3H3/q+1. The van der Waals surface area contributed by atoms with Crippen LogP contribution in [0, 0.1) is 0 Å². The summed E-state index contributed by atoms with van der Waals surface area (Å²) in [5, 5.41) is 2.59. The van der Waals surface area contributed by atoms with E-state index < -0.39 is 0 Å².